The molecule has 1 aliphatic rings. The molecule has 144 valence electrons. The maximum absolute atomic E-state index is 11.9. The maximum atomic E-state index is 11.9. The number of hydrogen-bond donors (Lipinski definition) is 1. The van der Waals surface area contributed by atoms with Crippen molar-refractivity contribution in [3.05, 3.63) is 27.8 Å². The second-order valence-electron chi connectivity index (χ2n) is 5.69. The molecule has 1 saturated heterocycles. The Balaban J connectivity index is 2.06. The number of hydrogen-bond acceptors (Lipinski definition) is 9. The number of ether oxygens (including phenoxy) is 5. The number of methoxy groups -OCH3 is 2. The van der Waals surface area contributed by atoms with Crippen molar-refractivity contribution in [2.75, 3.05) is 20.8 Å². The summed E-state index contributed by atoms with van der Waals surface area (Å²) in [4.78, 5) is 22.5. The van der Waals surface area contributed by atoms with Crippen LogP contribution >= 0.6 is 0 Å². The van der Waals surface area contributed by atoms with Crippen molar-refractivity contribution < 1.29 is 38.5 Å². The Hall–Kier alpha value is -2.59. The van der Waals surface area contributed by atoms with Crippen LogP contribution < -0.4 is 9.47 Å². The second-order valence-corrected chi connectivity index (χ2v) is 5.69. The summed E-state index contributed by atoms with van der Waals surface area (Å²) in [5.41, 5.74) is -0.152. The van der Waals surface area contributed by atoms with E-state index in [2.05, 4.69) is 0 Å². The Morgan fingerprint density at radius 2 is 2.00 bits per heavy atom. The molecule has 1 aromatic carbocycles. The lowest BCUT2D eigenvalue weighted by Gasteiger charge is -2.16. The third kappa shape index (κ3) is 4.52. The molecule has 0 aliphatic carbocycles. The van der Waals surface area contributed by atoms with Gasteiger partial charge in [-0.25, -0.2) is 4.79 Å². The first kappa shape index (κ1) is 19.7. The van der Waals surface area contributed by atoms with Crippen LogP contribution in [0.5, 0.6) is 11.5 Å². The van der Waals surface area contributed by atoms with Gasteiger partial charge in [0.05, 0.1) is 43.5 Å². The molecule has 10 heteroatoms. The molecule has 3 atom stereocenters. The smallest absolute Gasteiger partial charge is 0.493 e. The molecule has 0 saturated carbocycles. The molecule has 0 amide bonds. The fourth-order valence-electron chi connectivity index (χ4n) is 2.70. The summed E-state index contributed by atoms with van der Waals surface area (Å²) in [5.74, 6) is 0.455. The van der Waals surface area contributed by atoms with Crippen molar-refractivity contribution in [2.45, 2.75) is 38.3 Å². The van der Waals surface area contributed by atoms with Crippen LogP contribution in [0.1, 0.15) is 18.9 Å². The van der Waals surface area contributed by atoms with Gasteiger partial charge in [-0.05, 0) is 13.0 Å². The molecule has 3 unspecified atom stereocenters. The predicted octanol–water partition coefficient (Wildman–Crippen LogP) is 1.80. The number of benzene rings is 1. The number of aliphatic hydroxyl groups is 1. The number of aliphatic hydroxyl groups excluding tert-OH is 1. The average Bonchev–Trinajstić information content (AvgIpc) is 2.98. The molecular weight excluding hydrogens is 350 g/mol. The summed E-state index contributed by atoms with van der Waals surface area (Å²) in [5, 5.41) is 20.4. The van der Waals surface area contributed by atoms with E-state index < -0.39 is 23.3 Å². The van der Waals surface area contributed by atoms with Gasteiger partial charge in [0.25, 0.3) is 5.69 Å². The maximum Gasteiger partial charge on any atom is 0.508 e. The summed E-state index contributed by atoms with van der Waals surface area (Å²) < 4.78 is 25.6. The van der Waals surface area contributed by atoms with E-state index in [1.807, 2.05) is 0 Å². The number of carbonyl (C=O) groups is 1. The molecule has 1 aromatic rings. The lowest BCUT2D eigenvalue weighted by Crippen LogP contribution is -2.30. The second kappa shape index (κ2) is 8.68. The first-order valence-electron chi connectivity index (χ1n) is 7.88. The van der Waals surface area contributed by atoms with Crippen molar-refractivity contribution in [3.63, 3.8) is 0 Å². The molecule has 0 bridgehead atoms. The molecule has 0 spiro atoms. The van der Waals surface area contributed by atoms with Crippen LogP contribution in [-0.4, -0.2) is 55.3 Å². The van der Waals surface area contributed by atoms with Gasteiger partial charge in [0.15, 0.2) is 11.5 Å². The highest BCUT2D eigenvalue weighted by molar-refractivity contribution is 5.61. The number of nitrogens with zero attached hydrogens (tertiary/aromatic N) is 1. The minimum atomic E-state index is -1.00. The van der Waals surface area contributed by atoms with Crippen LogP contribution in [0.15, 0.2) is 12.1 Å². The Morgan fingerprint density at radius 1 is 1.35 bits per heavy atom. The van der Waals surface area contributed by atoms with Crippen LogP contribution in [0.4, 0.5) is 10.5 Å². The first-order chi connectivity index (χ1) is 12.4. The van der Waals surface area contributed by atoms with E-state index >= 15 is 0 Å². The lowest BCUT2D eigenvalue weighted by atomic mass is 10.1. The number of carbonyl (C=O) groups excluding carboxylic acids is 1. The van der Waals surface area contributed by atoms with Crippen molar-refractivity contribution in [2.24, 2.45) is 0 Å². The van der Waals surface area contributed by atoms with Gasteiger partial charge in [0.2, 0.25) is 0 Å². The van der Waals surface area contributed by atoms with E-state index in [9.17, 15) is 20.0 Å². The van der Waals surface area contributed by atoms with Crippen LogP contribution in [0, 0.1) is 10.1 Å². The Bertz CT molecular complexity index is 663. The third-order valence-corrected chi connectivity index (χ3v) is 3.94. The van der Waals surface area contributed by atoms with E-state index in [-0.39, 0.29) is 42.1 Å². The molecule has 0 radical (unpaired) electrons. The van der Waals surface area contributed by atoms with Crippen LogP contribution in [0.3, 0.4) is 0 Å². The van der Waals surface area contributed by atoms with Crippen LogP contribution in [-0.2, 0) is 20.8 Å². The largest absolute Gasteiger partial charge is 0.508 e. The van der Waals surface area contributed by atoms with Gasteiger partial charge in [-0.15, -0.1) is 0 Å². The van der Waals surface area contributed by atoms with Gasteiger partial charge < -0.3 is 28.8 Å². The van der Waals surface area contributed by atoms with Crippen LogP contribution in [0.25, 0.3) is 0 Å². The highest BCUT2D eigenvalue weighted by Gasteiger charge is 2.36. The van der Waals surface area contributed by atoms with Gasteiger partial charge >= 0.3 is 6.16 Å². The first-order valence-corrected chi connectivity index (χ1v) is 7.88. The summed E-state index contributed by atoms with van der Waals surface area (Å²) in [6, 6.07) is 2.55. The van der Waals surface area contributed by atoms with Crippen molar-refractivity contribution >= 4 is 11.8 Å². The van der Waals surface area contributed by atoms with Gasteiger partial charge in [-0.1, -0.05) is 0 Å². The van der Waals surface area contributed by atoms with E-state index in [0.29, 0.717) is 6.42 Å². The summed E-state index contributed by atoms with van der Waals surface area (Å²) in [7, 11) is 2.75. The van der Waals surface area contributed by atoms with Gasteiger partial charge in [0, 0.05) is 6.42 Å². The summed E-state index contributed by atoms with van der Waals surface area (Å²) in [6.07, 6.45) is -1.99. The molecule has 2 rings (SSSR count). The normalized spacial score (nSPS) is 21.9. The SMILES string of the molecule is COc1cc(COC(=O)OC2CC(C)OC2CO)c([N+](=O)[O-])cc1OC. The molecule has 1 heterocycles. The van der Waals surface area contributed by atoms with Crippen molar-refractivity contribution in [1.29, 1.82) is 0 Å². The number of nitro benzene ring substituents is 1. The molecule has 1 aliphatic heterocycles. The quantitative estimate of drug-likeness (QED) is 0.433. The van der Waals surface area contributed by atoms with Crippen LogP contribution in [0.2, 0.25) is 0 Å². The highest BCUT2D eigenvalue weighted by Crippen LogP contribution is 2.35. The molecule has 0 aromatic heterocycles. The number of nitro groups is 1. The zero-order valence-corrected chi connectivity index (χ0v) is 14.7. The zero-order chi connectivity index (χ0) is 19.3. The number of rotatable bonds is 7. The predicted molar refractivity (Wildman–Crippen MR) is 87.3 cm³/mol. The van der Waals surface area contributed by atoms with Crippen molar-refractivity contribution in [1.82, 2.24) is 0 Å². The molecular formula is C16H21NO9. The van der Waals surface area contributed by atoms with Gasteiger partial charge in [-0.3, -0.25) is 10.1 Å². The molecule has 1 N–H and O–H groups in total. The third-order valence-electron chi connectivity index (χ3n) is 3.94. The Morgan fingerprint density at radius 3 is 2.58 bits per heavy atom. The molecule has 1 fully saturated rings. The van der Waals surface area contributed by atoms with Crippen molar-refractivity contribution in [3.8, 4) is 11.5 Å². The van der Waals surface area contributed by atoms with E-state index in [1.165, 1.54) is 26.4 Å². The Labute approximate surface area is 149 Å². The zero-order valence-electron chi connectivity index (χ0n) is 14.7. The average molecular weight is 371 g/mol. The lowest BCUT2D eigenvalue weighted by molar-refractivity contribution is -0.385. The summed E-state index contributed by atoms with van der Waals surface area (Å²) in [6.45, 7) is 1.12. The molecule has 10 nitrogen and oxygen atoms in total. The standard InChI is InChI=1S/C16H21NO9/c1-9-4-14(15(7-18)25-9)26-16(19)24-8-10-5-12(22-2)13(23-3)6-11(10)17(20)21/h5-6,9,14-15,18H,4,7-8H2,1-3H3. The minimum Gasteiger partial charge on any atom is -0.493 e. The Kier molecular flexibility index (Phi) is 6.58. The fourth-order valence-corrected chi connectivity index (χ4v) is 2.70. The van der Waals surface area contributed by atoms with E-state index in [4.69, 9.17) is 23.7 Å². The summed E-state index contributed by atoms with van der Waals surface area (Å²) >= 11 is 0. The topological polar surface area (TPSA) is 127 Å². The molecule has 26 heavy (non-hydrogen) atoms. The van der Waals surface area contributed by atoms with E-state index in [1.54, 1.807) is 6.92 Å². The monoisotopic (exact) mass is 371 g/mol. The van der Waals surface area contributed by atoms with E-state index in [0.717, 1.165) is 0 Å². The highest BCUT2D eigenvalue weighted by atomic mass is 16.7. The van der Waals surface area contributed by atoms with Gasteiger partial charge in [0.1, 0.15) is 18.8 Å². The van der Waals surface area contributed by atoms with Gasteiger partial charge in [-0.2, -0.15) is 0 Å². The fraction of sp³-hybridized carbons (Fsp3) is 0.562. The minimum absolute atomic E-state index is 0.124.